The molecule has 42 heavy (non-hydrogen) atoms. The summed E-state index contributed by atoms with van der Waals surface area (Å²) in [4.78, 5) is 6.13. The van der Waals surface area contributed by atoms with Crippen LogP contribution in [0.5, 0.6) is 0 Å². The van der Waals surface area contributed by atoms with E-state index in [0.29, 0.717) is 6.67 Å². The second-order valence-corrected chi connectivity index (χ2v) is 12.7. The molecule has 0 unspecified atom stereocenters. The molecule has 0 amide bonds. The fraction of sp³-hybridized carbons (Fsp3) is 0.306. The minimum atomic E-state index is -0.116. The standard InChI is InChI=1S/C35H38Br2N4.CH4/c1-34(2)27-12-5-7-14-29(27)40(22-20-36)31(34)18-16-25-10-9-11-26(33(25)39-24-38)17-19-32-35(3,4)28-13-6-8-15-30(28)41(32)23-21-37;/h5-8,12-23H,9-11,24,38H2,1-4H3;1H4/p+1/b22-20+,23-21+,25-16+,31-18+;. The number of nitrogens with two attached hydrogens (primary N) is 1. The molecule has 0 atom stereocenters. The third-order valence-electron chi connectivity index (χ3n) is 8.58. The number of anilines is 1. The molecule has 4 nitrogen and oxygen atoms in total. The van der Waals surface area contributed by atoms with Crippen LogP contribution >= 0.6 is 31.9 Å². The summed E-state index contributed by atoms with van der Waals surface area (Å²) in [5, 5.41) is 3.51. The van der Waals surface area contributed by atoms with Crippen molar-refractivity contribution in [2.75, 3.05) is 11.6 Å². The molecule has 0 bridgehead atoms. The first kappa shape index (κ1) is 32.0. The van der Waals surface area contributed by atoms with Crippen molar-refractivity contribution in [3.05, 3.63) is 129 Å². The van der Waals surface area contributed by atoms with E-state index in [9.17, 15) is 0 Å². The van der Waals surface area contributed by atoms with E-state index in [1.807, 2.05) is 9.97 Å². The highest BCUT2D eigenvalue weighted by Crippen LogP contribution is 2.48. The number of benzene rings is 2. The van der Waals surface area contributed by atoms with Crippen molar-refractivity contribution in [3.63, 3.8) is 0 Å². The lowest BCUT2D eigenvalue weighted by atomic mass is 9.81. The van der Waals surface area contributed by atoms with E-state index < -0.39 is 0 Å². The largest absolute Gasteiger partial charge is 0.372 e. The second-order valence-electron chi connectivity index (χ2n) is 11.7. The van der Waals surface area contributed by atoms with Gasteiger partial charge in [-0.1, -0.05) is 102 Å². The lowest BCUT2D eigenvalue weighted by Crippen LogP contribution is -2.27. The first-order chi connectivity index (χ1) is 19.7. The van der Waals surface area contributed by atoms with Crippen LogP contribution in [0.25, 0.3) is 0 Å². The van der Waals surface area contributed by atoms with Crippen molar-refractivity contribution >= 4 is 48.9 Å². The monoisotopic (exact) mass is 689 g/mol. The molecule has 6 heteroatoms. The maximum Gasteiger partial charge on any atom is 0.215 e. The number of hydrogen-bond acceptors (Lipinski definition) is 3. The lowest BCUT2D eigenvalue weighted by molar-refractivity contribution is -0.356. The number of fused-ring (bicyclic) bond motifs is 2. The number of allylic oxidation sites excluding steroid dienone is 7. The summed E-state index contributed by atoms with van der Waals surface area (Å²) in [6.45, 7) is 9.59. The smallest absolute Gasteiger partial charge is 0.215 e. The number of nitrogens with one attached hydrogen (secondary N) is 1. The van der Waals surface area contributed by atoms with Crippen molar-refractivity contribution in [2.24, 2.45) is 5.73 Å². The molecule has 3 N–H and O–H groups in total. The van der Waals surface area contributed by atoms with Gasteiger partial charge in [0, 0.05) is 51.4 Å². The first-order valence-electron chi connectivity index (χ1n) is 14.2. The molecule has 3 aliphatic rings. The number of halogens is 2. The van der Waals surface area contributed by atoms with E-state index in [1.54, 1.807) is 0 Å². The minimum Gasteiger partial charge on any atom is -0.372 e. The fourth-order valence-electron chi connectivity index (χ4n) is 6.52. The van der Waals surface area contributed by atoms with Crippen molar-refractivity contribution in [1.29, 1.82) is 0 Å². The van der Waals surface area contributed by atoms with E-state index in [-0.39, 0.29) is 18.3 Å². The van der Waals surface area contributed by atoms with Crippen molar-refractivity contribution in [3.8, 4) is 0 Å². The Morgan fingerprint density at radius 3 is 2.33 bits per heavy atom. The summed E-state index contributed by atoms with van der Waals surface area (Å²) < 4.78 is 2.28. The number of rotatable bonds is 7. The van der Waals surface area contributed by atoms with Gasteiger partial charge in [-0.2, -0.15) is 4.58 Å². The van der Waals surface area contributed by atoms with Gasteiger partial charge < -0.3 is 16.0 Å². The molecule has 0 fully saturated rings. The zero-order chi connectivity index (χ0) is 29.2. The summed E-state index contributed by atoms with van der Waals surface area (Å²) in [7, 11) is 0. The molecular weight excluding hydrogens is 648 g/mol. The Morgan fingerprint density at radius 2 is 1.62 bits per heavy atom. The van der Waals surface area contributed by atoms with Gasteiger partial charge >= 0.3 is 0 Å². The average Bonchev–Trinajstić information content (AvgIpc) is 3.31. The van der Waals surface area contributed by atoms with E-state index in [2.05, 4.69) is 160 Å². The van der Waals surface area contributed by atoms with Gasteiger partial charge in [0.1, 0.15) is 0 Å². The molecule has 2 aromatic carbocycles. The molecule has 2 aromatic rings. The SMILES string of the molecule is C.CC1(C)C(/C=C/C2=C(NCN)C(=C/C=C3/N(/C=C/Br)c4ccccc4C3(C)C)/CCC2)=[N+](/C=C/Br)c2ccccc21. The highest BCUT2D eigenvalue weighted by Gasteiger charge is 2.43. The highest BCUT2D eigenvalue weighted by molar-refractivity contribution is 9.11. The molecular formula is C36H43Br2N4+. The predicted molar refractivity (Wildman–Crippen MR) is 188 cm³/mol. The van der Waals surface area contributed by atoms with Gasteiger partial charge in [-0.25, -0.2) is 0 Å². The topological polar surface area (TPSA) is 44.3 Å². The molecule has 1 aliphatic carbocycles. The number of para-hydroxylation sites is 2. The van der Waals surface area contributed by atoms with Crippen LogP contribution in [-0.2, 0) is 10.8 Å². The summed E-state index contributed by atoms with van der Waals surface area (Å²) in [6.07, 6.45) is 16.5. The van der Waals surface area contributed by atoms with Crippen LogP contribution in [0.4, 0.5) is 11.4 Å². The molecule has 0 saturated heterocycles. The zero-order valence-corrected chi connectivity index (χ0v) is 27.5. The van der Waals surface area contributed by atoms with Gasteiger partial charge in [0.25, 0.3) is 0 Å². The summed E-state index contributed by atoms with van der Waals surface area (Å²) in [6, 6.07) is 17.3. The van der Waals surface area contributed by atoms with Gasteiger partial charge in [0.15, 0.2) is 11.9 Å². The van der Waals surface area contributed by atoms with Crippen LogP contribution in [-0.4, -0.2) is 17.0 Å². The van der Waals surface area contributed by atoms with E-state index in [1.165, 1.54) is 45.1 Å². The fourth-order valence-corrected chi connectivity index (χ4v) is 6.99. The first-order valence-corrected chi connectivity index (χ1v) is 16.0. The minimum absolute atomic E-state index is 0. The molecule has 0 radical (unpaired) electrons. The predicted octanol–water partition coefficient (Wildman–Crippen LogP) is 9.54. The molecule has 0 aromatic heterocycles. The summed E-state index contributed by atoms with van der Waals surface area (Å²) in [5.41, 5.74) is 17.2. The molecule has 2 heterocycles. The molecule has 0 saturated carbocycles. The Kier molecular flexibility index (Phi) is 10.0. The quantitative estimate of drug-likeness (QED) is 0.225. The normalized spacial score (nSPS) is 21.3. The van der Waals surface area contributed by atoms with Crippen LogP contribution in [0.15, 0.2) is 118 Å². The van der Waals surface area contributed by atoms with Gasteiger partial charge in [-0.15, -0.1) is 0 Å². The van der Waals surface area contributed by atoms with Crippen LogP contribution in [0, 0.1) is 0 Å². The van der Waals surface area contributed by atoms with Crippen LogP contribution in [0.1, 0.15) is 65.5 Å². The highest BCUT2D eigenvalue weighted by atomic mass is 79.9. The van der Waals surface area contributed by atoms with Crippen LogP contribution in [0.2, 0.25) is 0 Å². The lowest BCUT2D eigenvalue weighted by Gasteiger charge is -2.25. The van der Waals surface area contributed by atoms with Crippen LogP contribution < -0.4 is 16.0 Å². The molecule has 0 spiro atoms. The van der Waals surface area contributed by atoms with Gasteiger partial charge in [0.2, 0.25) is 5.69 Å². The number of nitrogens with zero attached hydrogens (tertiary/aromatic N) is 2. The summed E-state index contributed by atoms with van der Waals surface area (Å²) >= 11 is 7.01. The van der Waals surface area contributed by atoms with E-state index in [0.717, 1.165) is 25.0 Å². The Labute approximate surface area is 269 Å². The van der Waals surface area contributed by atoms with Gasteiger partial charge in [-0.05, 0) is 66.9 Å². The number of hydrogen-bond donors (Lipinski definition) is 2. The van der Waals surface area contributed by atoms with Crippen LogP contribution in [0.3, 0.4) is 0 Å². The molecule has 220 valence electrons. The Bertz CT molecular complexity index is 1550. The maximum absolute atomic E-state index is 6.08. The average molecular weight is 692 g/mol. The Balaban J connectivity index is 0.00000405. The summed E-state index contributed by atoms with van der Waals surface area (Å²) in [5.74, 6) is 0. The van der Waals surface area contributed by atoms with E-state index >= 15 is 0 Å². The van der Waals surface area contributed by atoms with Crippen molar-refractivity contribution < 1.29 is 4.58 Å². The van der Waals surface area contributed by atoms with Crippen molar-refractivity contribution in [1.82, 2.24) is 5.32 Å². The third-order valence-corrected chi connectivity index (χ3v) is 9.06. The second kappa shape index (κ2) is 13.2. The molecule has 5 rings (SSSR count). The third kappa shape index (κ3) is 5.69. The maximum atomic E-state index is 6.08. The Morgan fingerprint density at radius 1 is 0.905 bits per heavy atom. The van der Waals surface area contributed by atoms with Gasteiger partial charge in [-0.3, -0.25) is 0 Å². The van der Waals surface area contributed by atoms with Crippen molar-refractivity contribution in [2.45, 2.75) is 65.2 Å². The van der Waals surface area contributed by atoms with E-state index in [4.69, 9.17) is 5.73 Å². The Hall–Kier alpha value is -2.93. The van der Waals surface area contributed by atoms with Gasteiger partial charge in [0.05, 0.1) is 12.1 Å². The molecule has 2 aliphatic heterocycles. The zero-order valence-electron chi connectivity index (χ0n) is 24.3.